The van der Waals surface area contributed by atoms with Crippen molar-refractivity contribution in [1.82, 2.24) is 15.5 Å². The summed E-state index contributed by atoms with van der Waals surface area (Å²) < 4.78 is 0. The zero-order valence-electron chi connectivity index (χ0n) is 10.0. The first-order valence-electron chi connectivity index (χ1n) is 5.89. The van der Waals surface area contributed by atoms with E-state index in [9.17, 15) is 4.79 Å². The maximum Gasteiger partial charge on any atom is 0.317 e. The number of amides is 2. The predicted octanol–water partition coefficient (Wildman–Crippen LogP) is 1.04. The fourth-order valence-corrected chi connectivity index (χ4v) is 2.10. The molecule has 0 bridgehead atoms. The molecule has 1 rings (SSSR count). The van der Waals surface area contributed by atoms with E-state index >= 15 is 0 Å². The first kappa shape index (κ1) is 12.3. The second-order valence-electron chi connectivity index (χ2n) is 4.34. The Morgan fingerprint density at radius 1 is 1.53 bits per heavy atom. The number of nitrogens with one attached hydrogen (secondary N) is 2. The first-order valence-corrected chi connectivity index (χ1v) is 5.89. The van der Waals surface area contributed by atoms with E-state index < -0.39 is 0 Å². The standard InChI is InChI=1S/C11H23N3O/c1-4-6-13-11(15)14-7-5-10(12-3)9(2)8-14/h9-10,12H,4-8H2,1-3H3,(H,13,15). The number of nitrogens with zero attached hydrogens (tertiary/aromatic N) is 1. The van der Waals surface area contributed by atoms with Crippen molar-refractivity contribution in [2.45, 2.75) is 32.7 Å². The molecule has 0 aliphatic carbocycles. The fourth-order valence-electron chi connectivity index (χ4n) is 2.10. The van der Waals surface area contributed by atoms with Gasteiger partial charge in [-0.15, -0.1) is 0 Å². The molecule has 0 aromatic heterocycles. The smallest absolute Gasteiger partial charge is 0.317 e. The van der Waals surface area contributed by atoms with E-state index in [4.69, 9.17) is 0 Å². The van der Waals surface area contributed by atoms with Gasteiger partial charge in [-0.05, 0) is 25.8 Å². The lowest BCUT2D eigenvalue weighted by atomic mass is 9.94. The molecule has 1 heterocycles. The van der Waals surface area contributed by atoms with E-state index in [0.29, 0.717) is 12.0 Å². The topological polar surface area (TPSA) is 44.4 Å². The molecule has 1 aliphatic heterocycles. The van der Waals surface area contributed by atoms with Crippen molar-refractivity contribution >= 4 is 6.03 Å². The average Bonchev–Trinajstić information content (AvgIpc) is 2.25. The van der Waals surface area contributed by atoms with Crippen molar-refractivity contribution < 1.29 is 4.79 Å². The Morgan fingerprint density at radius 3 is 2.80 bits per heavy atom. The van der Waals surface area contributed by atoms with Crippen molar-refractivity contribution in [2.24, 2.45) is 5.92 Å². The normalized spacial score (nSPS) is 26.5. The molecule has 0 spiro atoms. The molecule has 2 N–H and O–H groups in total. The molecule has 0 aromatic carbocycles. The van der Waals surface area contributed by atoms with Gasteiger partial charge in [-0.2, -0.15) is 0 Å². The Morgan fingerprint density at radius 2 is 2.27 bits per heavy atom. The van der Waals surface area contributed by atoms with Crippen molar-refractivity contribution in [2.75, 3.05) is 26.7 Å². The van der Waals surface area contributed by atoms with Gasteiger partial charge >= 0.3 is 6.03 Å². The SMILES string of the molecule is CCCNC(=O)N1CCC(NC)C(C)C1. The van der Waals surface area contributed by atoms with E-state index in [1.54, 1.807) is 0 Å². The third-order valence-electron chi connectivity index (χ3n) is 3.09. The Hall–Kier alpha value is -0.770. The van der Waals surface area contributed by atoms with Crippen LogP contribution in [0.5, 0.6) is 0 Å². The van der Waals surface area contributed by atoms with E-state index in [-0.39, 0.29) is 6.03 Å². The molecular weight excluding hydrogens is 190 g/mol. The van der Waals surface area contributed by atoms with Gasteiger partial charge in [0.1, 0.15) is 0 Å². The lowest BCUT2D eigenvalue weighted by Crippen LogP contribution is -2.52. The summed E-state index contributed by atoms with van der Waals surface area (Å²) in [4.78, 5) is 13.6. The van der Waals surface area contributed by atoms with Crippen LogP contribution < -0.4 is 10.6 Å². The molecule has 1 saturated heterocycles. The lowest BCUT2D eigenvalue weighted by Gasteiger charge is -2.36. The van der Waals surface area contributed by atoms with Gasteiger partial charge in [0.15, 0.2) is 0 Å². The summed E-state index contributed by atoms with van der Waals surface area (Å²) in [6.07, 6.45) is 2.05. The third-order valence-corrected chi connectivity index (χ3v) is 3.09. The average molecular weight is 213 g/mol. The molecule has 4 heteroatoms. The number of likely N-dealkylation sites (tertiary alicyclic amines) is 1. The fraction of sp³-hybridized carbons (Fsp3) is 0.909. The lowest BCUT2D eigenvalue weighted by molar-refractivity contribution is 0.153. The number of rotatable bonds is 3. The van der Waals surface area contributed by atoms with Crippen LogP contribution in [0.2, 0.25) is 0 Å². The molecule has 88 valence electrons. The summed E-state index contributed by atoms with van der Waals surface area (Å²) in [5.74, 6) is 0.538. The molecule has 2 atom stereocenters. The highest BCUT2D eigenvalue weighted by Crippen LogP contribution is 2.16. The number of carbonyl (C=O) groups excluding carboxylic acids is 1. The van der Waals surface area contributed by atoms with Crippen LogP contribution in [0.15, 0.2) is 0 Å². The molecule has 1 fully saturated rings. The van der Waals surface area contributed by atoms with E-state index in [1.807, 2.05) is 11.9 Å². The monoisotopic (exact) mass is 213 g/mol. The van der Waals surface area contributed by atoms with Gasteiger partial charge in [0.05, 0.1) is 0 Å². The number of hydrogen-bond donors (Lipinski definition) is 2. The summed E-state index contributed by atoms with van der Waals surface area (Å²) in [7, 11) is 1.99. The minimum atomic E-state index is 0.0956. The van der Waals surface area contributed by atoms with Crippen LogP contribution in [-0.4, -0.2) is 43.7 Å². The maximum absolute atomic E-state index is 11.7. The molecule has 2 unspecified atom stereocenters. The minimum Gasteiger partial charge on any atom is -0.338 e. The zero-order valence-corrected chi connectivity index (χ0v) is 10.0. The van der Waals surface area contributed by atoms with Gasteiger partial charge in [0.2, 0.25) is 0 Å². The number of carbonyl (C=O) groups is 1. The second-order valence-corrected chi connectivity index (χ2v) is 4.34. The van der Waals surface area contributed by atoms with Gasteiger partial charge in [-0.25, -0.2) is 4.79 Å². The van der Waals surface area contributed by atoms with Crippen molar-refractivity contribution in [3.8, 4) is 0 Å². The first-order chi connectivity index (χ1) is 7.19. The molecule has 0 radical (unpaired) electrons. The third kappa shape index (κ3) is 3.38. The number of hydrogen-bond acceptors (Lipinski definition) is 2. The van der Waals surface area contributed by atoms with Crippen molar-refractivity contribution in [3.05, 3.63) is 0 Å². The highest BCUT2D eigenvalue weighted by Gasteiger charge is 2.27. The van der Waals surface area contributed by atoms with E-state index in [2.05, 4.69) is 24.5 Å². The van der Waals surface area contributed by atoms with Crippen molar-refractivity contribution in [1.29, 1.82) is 0 Å². The zero-order chi connectivity index (χ0) is 11.3. The Bertz CT molecular complexity index is 208. The number of piperidine rings is 1. The van der Waals surface area contributed by atoms with Gasteiger partial charge in [0, 0.05) is 25.7 Å². The van der Waals surface area contributed by atoms with Crippen LogP contribution in [0.25, 0.3) is 0 Å². The Balaban J connectivity index is 2.36. The Kier molecular flexibility index (Phi) is 4.88. The van der Waals surface area contributed by atoms with Crippen LogP contribution in [0.1, 0.15) is 26.7 Å². The van der Waals surface area contributed by atoms with Crippen LogP contribution in [-0.2, 0) is 0 Å². The predicted molar refractivity (Wildman–Crippen MR) is 61.9 cm³/mol. The van der Waals surface area contributed by atoms with Gasteiger partial charge in [-0.3, -0.25) is 0 Å². The van der Waals surface area contributed by atoms with Gasteiger partial charge in [-0.1, -0.05) is 13.8 Å². The highest BCUT2D eigenvalue weighted by molar-refractivity contribution is 5.74. The molecule has 1 aliphatic rings. The van der Waals surface area contributed by atoms with Crippen LogP contribution in [0.3, 0.4) is 0 Å². The molecule has 2 amide bonds. The molecule has 0 saturated carbocycles. The minimum absolute atomic E-state index is 0.0956. The molecule has 0 aromatic rings. The summed E-state index contributed by atoms with van der Waals surface area (Å²) in [6.45, 7) is 6.77. The quantitative estimate of drug-likeness (QED) is 0.735. The molecule has 15 heavy (non-hydrogen) atoms. The molecular formula is C11H23N3O. The van der Waals surface area contributed by atoms with Crippen LogP contribution in [0, 0.1) is 5.92 Å². The summed E-state index contributed by atoms with van der Waals surface area (Å²) >= 11 is 0. The molecule has 4 nitrogen and oxygen atoms in total. The maximum atomic E-state index is 11.7. The van der Waals surface area contributed by atoms with Gasteiger partial charge in [0.25, 0.3) is 0 Å². The van der Waals surface area contributed by atoms with E-state index in [1.165, 1.54) is 0 Å². The highest BCUT2D eigenvalue weighted by atomic mass is 16.2. The number of urea groups is 1. The van der Waals surface area contributed by atoms with Gasteiger partial charge < -0.3 is 15.5 Å². The summed E-state index contributed by atoms with van der Waals surface area (Å²) in [5.41, 5.74) is 0. The van der Waals surface area contributed by atoms with Crippen LogP contribution in [0.4, 0.5) is 4.79 Å². The summed E-state index contributed by atoms with van der Waals surface area (Å²) in [5, 5.41) is 6.22. The second kappa shape index (κ2) is 5.95. The van der Waals surface area contributed by atoms with Crippen LogP contribution >= 0.6 is 0 Å². The Labute approximate surface area is 92.4 Å². The van der Waals surface area contributed by atoms with Crippen molar-refractivity contribution in [3.63, 3.8) is 0 Å². The largest absolute Gasteiger partial charge is 0.338 e. The van der Waals surface area contributed by atoms with E-state index in [0.717, 1.165) is 32.5 Å². The summed E-state index contributed by atoms with van der Waals surface area (Å²) in [6, 6.07) is 0.651.